The van der Waals surface area contributed by atoms with Crippen molar-refractivity contribution in [3.05, 3.63) is 65.5 Å². The number of amides is 1. The van der Waals surface area contributed by atoms with Crippen LogP contribution in [0.1, 0.15) is 15.9 Å². The van der Waals surface area contributed by atoms with Gasteiger partial charge in [0.25, 0.3) is 5.91 Å². The number of hydrogen-bond donors (Lipinski definition) is 4. The molecule has 1 aliphatic rings. The van der Waals surface area contributed by atoms with Gasteiger partial charge in [-0.2, -0.15) is 15.0 Å². The van der Waals surface area contributed by atoms with Crippen LogP contribution in [-0.4, -0.2) is 86.7 Å². The van der Waals surface area contributed by atoms with Crippen LogP contribution in [0.5, 0.6) is 0 Å². The minimum absolute atomic E-state index is 0.198. The van der Waals surface area contributed by atoms with E-state index in [0.29, 0.717) is 101 Å². The summed E-state index contributed by atoms with van der Waals surface area (Å²) in [5, 5.41) is 9.22. The summed E-state index contributed by atoms with van der Waals surface area (Å²) in [5.41, 5.74) is 7.47. The molecule has 1 amide bonds. The highest BCUT2D eigenvalue weighted by Gasteiger charge is 2.17. The molecule has 1 saturated heterocycles. The lowest BCUT2D eigenvalue weighted by Gasteiger charge is -2.27. The van der Waals surface area contributed by atoms with Gasteiger partial charge in [-0.3, -0.25) is 4.79 Å². The van der Waals surface area contributed by atoms with E-state index in [2.05, 4.69) is 30.9 Å². The summed E-state index contributed by atoms with van der Waals surface area (Å²) < 4.78 is 29.4. The average molecular weight is 555 g/mol. The van der Waals surface area contributed by atoms with Gasteiger partial charge in [0.15, 0.2) is 0 Å². The molecule has 2 aromatic carbocycles. The van der Waals surface area contributed by atoms with Crippen LogP contribution in [0.3, 0.4) is 0 Å². The van der Waals surface area contributed by atoms with E-state index >= 15 is 0 Å². The van der Waals surface area contributed by atoms with Crippen molar-refractivity contribution in [3.8, 4) is 0 Å². The number of anilines is 4. The van der Waals surface area contributed by atoms with Gasteiger partial charge in [0.1, 0.15) is 5.82 Å². The fourth-order valence-electron chi connectivity index (χ4n) is 3.77. The summed E-state index contributed by atoms with van der Waals surface area (Å²) in [5.74, 6) is 0.765. The number of aromatic nitrogens is 3. The second kappa shape index (κ2) is 15.6. The Kier molecular flexibility index (Phi) is 11.4. The van der Waals surface area contributed by atoms with Gasteiger partial charge in [0, 0.05) is 44.0 Å². The zero-order valence-electron chi connectivity index (χ0n) is 22.3. The van der Waals surface area contributed by atoms with Crippen molar-refractivity contribution in [2.45, 2.75) is 6.54 Å². The molecule has 0 atom stereocenters. The van der Waals surface area contributed by atoms with Crippen molar-refractivity contribution in [3.63, 3.8) is 0 Å². The van der Waals surface area contributed by atoms with Crippen molar-refractivity contribution in [1.82, 2.24) is 20.3 Å². The lowest BCUT2D eigenvalue weighted by molar-refractivity contribution is 0.0511. The maximum atomic E-state index is 13.3. The largest absolute Gasteiger partial charge is 0.378 e. The first-order valence-electron chi connectivity index (χ1n) is 13.2. The number of ether oxygens (including phenoxy) is 3. The molecular formula is C27H35FN8O4. The second-order valence-corrected chi connectivity index (χ2v) is 8.83. The molecule has 0 bridgehead atoms. The van der Waals surface area contributed by atoms with Crippen molar-refractivity contribution in [1.29, 1.82) is 0 Å². The number of morpholine rings is 1. The molecule has 2 heterocycles. The number of nitrogens with one attached hydrogen (secondary N) is 3. The SMILES string of the molecule is NCCOCCOCCNC(=O)c1ccc(Nc2nc(NCc3ccc(F)cc3)nc(N3CCOCC3)n2)cc1. The number of halogens is 1. The number of nitrogens with zero attached hydrogens (tertiary/aromatic N) is 4. The van der Waals surface area contributed by atoms with E-state index in [1.165, 1.54) is 12.1 Å². The lowest BCUT2D eigenvalue weighted by Crippen LogP contribution is -2.37. The molecule has 0 spiro atoms. The van der Waals surface area contributed by atoms with E-state index < -0.39 is 0 Å². The molecule has 0 aliphatic carbocycles. The minimum Gasteiger partial charge on any atom is -0.378 e. The maximum Gasteiger partial charge on any atom is 0.251 e. The molecule has 0 saturated carbocycles. The van der Waals surface area contributed by atoms with E-state index in [9.17, 15) is 9.18 Å². The first-order valence-corrected chi connectivity index (χ1v) is 13.2. The standard InChI is InChI=1S/C27H35FN8O4/c28-22-5-1-20(2-6-22)19-31-25-33-26(35-27(34-25)36-11-15-40-16-12-36)32-23-7-3-21(4-8-23)24(37)30-10-14-39-18-17-38-13-9-29/h1-8H,9-19,29H2,(H,30,37)(H2,31,32,33,34,35). The molecule has 3 aromatic rings. The Labute approximate surface area is 232 Å². The third-order valence-corrected chi connectivity index (χ3v) is 5.85. The number of carbonyl (C=O) groups is 1. The summed E-state index contributed by atoms with van der Waals surface area (Å²) >= 11 is 0. The van der Waals surface area contributed by atoms with E-state index in [1.807, 2.05) is 4.90 Å². The quantitative estimate of drug-likeness (QED) is 0.204. The zero-order chi connectivity index (χ0) is 28.0. The lowest BCUT2D eigenvalue weighted by atomic mass is 10.2. The number of carbonyl (C=O) groups excluding carboxylic acids is 1. The van der Waals surface area contributed by atoms with Gasteiger partial charge in [-0.15, -0.1) is 0 Å². The molecular weight excluding hydrogens is 519 g/mol. The number of nitrogens with two attached hydrogens (primary N) is 1. The Balaban J connectivity index is 1.34. The Morgan fingerprint density at radius 1 is 0.925 bits per heavy atom. The van der Waals surface area contributed by atoms with Gasteiger partial charge in [-0.1, -0.05) is 12.1 Å². The van der Waals surface area contributed by atoms with Crippen molar-refractivity contribution < 1.29 is 23.4 Å². The van der Waals surface area contributed by atoms with Crippen molar-refractivity contribution in [2.24, 2.45) is 5.73 Å². The second-order valence-electron chi connectivity index (χ2n) is 8.83. The summed E-state index contributed by atoms with van der Waals surface area (Å²) in [4.78, 5) is 28.2. The molecule has 4 rings (SSSR count). The van der Waals surface area contributed by atoms with E-state index in [-0.39, 0.29) is 11.7 Å². The monoisotopic (exact) mass is 554 g/mol. The van der Waals surface area contributed by atoms with Crippen LogP contribution in [0, 0.1) is 5.82 Å². The number of benzene rings is 2. The number of rotatable bonds is 15. The summed E-state index contributed by atoms with van der Waals surface area (Å²) in [7, 11) is 0. The molecule has 12 nitrogen and oxygen atoms in total. The molecule has 0 unspecified atom stereocenters. The minimum atomic E-state index is -0.289. The third kappa shape index (κ3) is 9.38. The zero-order valence-corrected chi connectivity index (χ0v) is 22.3. The van der Waals surface area contributed by atoms with Gasteiger partial charge in [-0.25, -0.2) is 4.39 Å². The molecule has 0 radical (unpaired) electrons. The van der Waals surface area contributed by atoms with Crippen LogP contribution in [-0.2, 0) is 20.8 Å². The van der Waals surface area contributed by atoms with Crippen LogP contribution in [0.2, 0.25) is 0 Å². The van der Waals surface area contributed by atoms with Crippen LogP contribution in [0.4, 0.5) is 27.9 Å². The fourth-order valence-corrected chi connectivity index (χ4v) is 3.77. The Bertz CT molecular complexity index is 1190. The fraction of sp³-hybridized carbons (Fsp3) is 0.407. The van der Waals surface area contributed by atoms with E-state index in [0.717, 1.165) is 5.56 Å². The maximum absolute atomic E-state index is 13.3. The first-order chi connectivity index (χ1) is 19.6. The van der Waals surface area contributed by atoms with E-state index in [1.54, 1.807) is 36.4 Å². The predicted octanol–water partition coefficient (Wildman–Crippen LogP) is 1.92. The normalized spacial score (nSPS) is 13.2. The molecule has 40 heavy (non-hydrogen) atoms. The van der Waals surface area contributed by atoms with Crippen molar-refractivity contribution >= 4 is 29.4 Å². The van der Waals surface area contributed by atoms with Gasteiger partial charge in [-0.05, 0) is 42.0 Å². The summed E-state index contributed by atoms with van der Waals surface area (Å²) in [6.07, 6.45) is 0. The smallest absolute Gasteiger partial charge is 0.251 e. The van der Waals surface area contributed by atoms with Crippen LogP contribution < -0.4 is 26.6 Å². The summed E-state index contributed by atoms with van der Waals surface area (Å²) in [6, 6.07) is 13.2. The third-order valence-electron chi connectivity index (χ3n) is 5.85. The highest BCUT2D eigenvalue weighted by Crippen LogP contribution is 2.20. The molecule has 1 aliphatic heterocycles. The Hall–Kier alpha value is -3.91. The van der Waals surface area contributed by atoms with E-state index in [4.69, 9.17) is 19.9 Å². The molecule has 13 heteroatoms. The van der Waals surface area contributed by atoms with Gasteiger partial charge in [0.2, 0.25) is 17.8 Å². The first kappa shape index (κ1) is 29.1. The average Bonchev–Trinajstić information content (AvgIpc) is 2.99. The number of hydrogen-bond acceptors (Lipinski definition) is 11. The predicted molar refractivity (Wildman–Crippen MR) is 149 cm³/mol. The van der Waals surface area contributed by atoms with Crippen LogP contribution in [0.15, 0.2) is 48.5 Å². The molecule has 5 N–H and O–H groups in total. The van der Waals surface area contributed by atoms with Crippen molar-refractivity contribution in [2.75, 3.05) is 81.4 Å². The highest BCUT2D eigenvalue weighted by molar-refractivity contribution is 5.94. The van der Waals surface area contributed by atoms with Gasteiger partial charge < -0.3 is 40.8 Å². The van der Waals surface area contributed by atoms with Gasteiger partial charge in [0.05, 0.1) is 39.6 Å². The topological polar surface area (TPSA) is 149 Å². The highest BCUT2D eigenvalue weighted by atomic mass is 19.1. The van der Waals surface area contributed by atoms with Crippen LogP contribution >= 0.6 is 0 Å². The Morgan fingerprint density at radius 3 is 2.35 bits per heavy atom. The molecule has 214 valence electrons. The van der Waals surface area contributed by atoms with Crippen LogP contribution in [0.25, 0.3) is 0 Å². The Morgan fingerprint density at radius 2 is 1.62 bits per heavy atom. The molecule has 1 fully saturated rings. The van der Waals surface area contributed by atoms with Gasteiger partial charge >= 0.3 is 0 Å². The molecule has 1 aromatic heterocycles. The summed E-state index contributed by atoms with van der Waals surface area (Å²) in [6.45, 7) is 5.61.